The number of hydrogen-bond acceptors (Lipinski definition) is 4. The average molecular weight is 367 g/mol. The number of halogens is 1. The summed E-state index contributed by atoms with van der Waals surface area (Å²) in [6.07, 6.45) is 0.750. The summed E-state index contributed by atoms with van der Waals surface area (Å²) < 4.78 is 6.99. The first-order valence-electron chi connectivity index (χ1n) is 6.15. The molecular formula is C14H14IN3O. The summed E-state index contributed by atoms with van der Waals surface area (Å²) in [5, 5.41) is 3.11. The van der Waals surface area contributed by atoms with Gasteiger partial charge in [-0.25, -0.2) is 9.97 Å². The van der Waals surface area contributed by atoms with Gasteiger partial charge in [0.15, 0.2) is 11.9 Å². The fourth-order valence-corrected chi connectivity index (χ4v) is 2.73. The second-order valence-electron chi connectivity index (χ2n) is 4.50. The lowest BCUT2D eigenvalue weighted by molar-refractivity contribution is 0.227. The largest absolute Gasteiger partial charge is 0.482 e. The molecule has 2 aromatic rings. The first-order chi connectivity index (χ1) is 9.19. The van der Waals surface area contributed by atoms with E-state index in [0.717, 1.165) is 33.1 Å². The number of ether oxygens (including phenoxy) is 1. The molecule has 0 spiro atoms. The zero-order valence-electron chi connectivity index (χ0n) is 10.8. The lowest BCUT2D eigenvalue weighted by atomic mass is 10.1. The minimum atomic E-state index is -0.0831. The Balaban J connectivity index is 1.95. The van der Waals surface area contributed by atoms with E-state index in [0.29, 0.717) is 0 Å². The van der Waals surface area contributed by atoms with Gasteiger partial charge in [-0.3, -0.25) is 0 Å². The SMILES string of the molecule is CNc1nc(C2Cc3ccccc3O2)nc(C)c1I. The molecule has 5 heteroatoms. The second kappa shape index (κ2) is 4.96. The highest BCUT2D eigenvalue weighted by molar-refractivity contribution is 14.1. The van der Waals surface area contributed by atoms with Crippen LogP contribution in [0.2, 0.25) is 0 Å². The van der Waals surface area contributed by atoms with E-state index in [2.05, 4.69) is 43.9 Å². The van der Waals surface area contributed by atoms with E-state index in [4.69, 9.17) is 4.74 Å². The molecule has 1 N–H and O–H groups in total. The molecule has 1 atom stereocenters. The summed E-state index contributed by atoms with van der Waals surface area (Å²) in [6.45, 7) is 2.00. The zero-order chi connectivity index (χ0) is 13.4. The standard InChI is InChI=1S/C14H14IN3O/c1-8-12(15)14(16-2)18-13(17-8)11-7-9-5-3-4-6-10(9)19-11/h3-6,11H,7H2,1-2H3,(H,16,17,18). The Labute approximate surface area is 125 Å². The van der Waals surface area contributed by atoms with Gasteiger partial charge in [-0.1, -0.05) is 18.2 Å². The van der Waals surface area contributed by atoms with Crippen LogP contribution in [0.3, 0.4) is 0 Å². The molecule has 1 aromatic heterocycles. The Morgan fingerprint density at radius 2 is 2.11 bits per heavy atom. The van der Waals surface area contributed by atoms with Crippen LogP contribution in [0.25, 0.3) is 0 Å². The highest BCUT2D eigenvalue weighted by Gasteiger charge is 2.27. The van der Waals surface area contributed by atoms with Crippen LogP contribution in [0.5, 0.6) is 5.75 Å². The van der Waals surface area contributed by atoms with Gasteiger partial charge in [0.25, 0.3) is 0 Å². The van der Waals surface area contributed by atoms with E-state index in [1.165, 1.54) is 5.56 Å². The fourth-order valence-electron chi connectivity index (χ4n) is 2.22. The van der Waals surface area contributed by atoms with Gasteiger partial charge in [0, 0.05) is 13.5 Å². The molecule has 0 amide bonds. The molecule has 0 bridgehead atoms. The predicted molar refractivity (Wildman–Crippen MR) is 82.5 cm³/mol. The Morgan fingerprint density at radius 3 is 2.84 bits per heavy atom. The maximum absolute atomic E-state index is 5.93. The number of aromatic nitrogens is 2. The van der Waals surface area contributed by atoms with Gasteiger partial charge in [0.05, 0.1) is 9.26 Å². The van der Waals surface area contributed by atoms with Crippen LogP contribution in [0, 0.1) is 10.5 Å². The molecule has 2 heterocycles. The summed E-state index contributed by atoms with van der Waals surface area (Å²) in [4.78, 5) is 9.12. The number of aryl methyl sites for hydroxylation is 1. The molecule has 0 saturated heterocycles. The minimum Gasteiger partial charge on any atom is -0.482 e. The third-order valence-corrected chi connectivity index (χ3v) is 4.50. The molecular weight excluding hydrogens is 353 g/mol. The van der Waals surface area contributed by atoms with Crippen molar-refractivity contribution in [2.24, 2.45) is 0 Å². The van der Waals surface area contributed by atoms with Crippen molar-refractivity contribution in [3.63, 3.8) is 0 Å². The van der Waals surface area contributed by atoms with Crippen LogP contribution in [-0.4, -0.2) is 17.0 Å². The van der Waals surface area contributed by atoms with Gasteiger partial charge in [-0.2, -0.15) is 0 Å². The predicted octanol–water partition coefficient (Wildman–Crippen LogP) is 3.11. The molecule has 3 rings (SSSR count). The Hall–Kier alpha value is -1.37. The van der Waals surface area contributed by atoms with Crippen LogP contribution in [0.1, 0.15) is 23.2 Å². The summed E-state index contributed by atoms with van der Waals surface area (Å²) in [6, 6.07) is 8.10. The summed E-state index contributed by atoms with van der Waals surface area (Å²) in [5.41, 5.74) is 2.20. The van der Waals surface area contributed by atoms with E-state index >= 15 is 0 Å². The summed E-state index contributed by atoms with van der Waals surface area (Å²) in [7, 11) is 1.87. The van der Waals surface area contributed by atoms with Gasteiger partial charge in [0.1, 0.15) is 11.6 Å². The highest BCUT2D eigenvalue weighted by atomic mass is 127. The smallest absolute Gasteiger partial charge is 0.172 e. The lowest BCUT2D eigenvalue weighted by Gasteiger charge is -2.13. The van der Waals surface area contributed by atoms with Crippen molar-refractivity contribution >= 4 is 28.4 Å². The van der Waals surface area contributed by atoms with Crippen LogP contribution < -0.4 is 10.1 Å². The van der Waals surface area contributed by atoms with Gasteiger partial charge in [0.2, 0.25) is 0 Å². The first kappa shape index (κ1) is 12.7. The van der Waals surface area contributed by atoms with Crippen LogP contribution in [-0.2, 0) is 6.42 Å². The van der Waals surface area contributed by atoms with Crippen molar-refractivity contribution < 1.29 is 4.74 Å². The highest BCUT2D eigenvalue weighted by Crippen LogP contribution is 2.35. The van der Waals surface area contributed by atoms with Gasteiger partial charge in [-0.15, -0.1) is 0 Å². The Morgan fingerprint density at radius 1 is 1.32 bits per heavy atom. The van der Waals surface area contributed by atoms with E-state index in [-0.39, 0.29) is 6.10 Å². The number of nitrogens with zero attached hydrogens (tertiary/aromatic N) is 2. The third-order valence-electron chi connectivity index (χ3n) is 3.21. The number of para-hydroxylation sites is 1. The third kappa shape index (κ3) is 2.27. The summed E-state index contributed by atoms with van der Waals surface area (Å²) in [5.74, 6) is 2.56. The molecule has 1 unspecified atom stereocenters. The average Bonchev–Trinajstić information content (AvgIpc) is 2.85. The van der Waals surface area contributed by atoms with Crippen molar-refractivity contribution in [2.45, 2.75) is 19.4 Å². The minimum absolute atomic E-state index is 0.0831. The molecule has 19 heavy (non-hydrogen) atoms. The topological polar surface area (TPSA) is 47.0 Å². The zero-order valence-corrected chi connectivity index (χ0v) is 12.9. The second-order valence-corrected chi connectivity index (χ2v) is 5.58. The van der Waals surface area contributed by atoms with E-state index < -0.39 is 0 Å². The van der Waals surface area contributed by atoms with Gasteiger partial charge < -0.3 is 10.1 Å². The Kier molecular flexibility index (Phi) is 3.30. The quantitative estimate of drug-likeness (QED) is 0.829. The normalized spacial score (nSPS) is 16.9. The van der Waals surface area contributed by atoms with Crippen molar-refractivity contribution in [3.05, 3.63) is 44.9 Å². The number of nitrogens with one attached hydrogen (secondary N) is 1. The number of rotatable bonds is 2. The van der Waals surface area contributed by atoms with Crippen molar-refractivity contribution in [1.82, 2.24) is 9.97 Å². The lowest BCUT2D eigenvalue weighted by Crippen LogP contribution is -2.12. The summed E-state index contributed by atoms with van der Waals surface area (Å²) >= 11 is 2.26. The monoisotopic (exact) mass is 367 g/mol. The van der Waals surface area contributed by atoms with Gasteiger partial charge in [-0.05, 0) is 41.1 Å². The van der Waals surface area contributed by atoms with Crippen molar-refractivity contribution in [1.29, 1.82) is 0 Å². The fraction of sp³-hybridized carbons (Fsp3) is 0.286. The van der Waals surface area contributed by atoms with Gasteiger partial charge >= 0.3 is 0 Å². The molecule has 0 aliphatic carbocycles. The number of anilines is 1. The molecule has 0 fully saturated rings. The molecule has 0 radical (unpaired) electrons. The number of benzene rings is 1. The van der Waals surface area contributed by atoms with E-state index in [1.807, 2.05) is 32.2 Å². The first-order valence-corrected chi connectivity index (χ1v) is 7.23. The maximum atomic E-state index is 5.93. The van der Waals surface area contributed by atoms with Crippen LogP contribution >= 0.6 is 22.6 Å². The molecule has 0 saturated carbocycles. The van der Waals surface area contributed by atoms with Crippen LogP contribution in [0.15, 0.2) is 24.3 Å². The van der Waals surface area contributed by atoms with E-state index in [9.17, 15) is 0 Å². The van der Waals surface area contributed by atoms with Crippen molar-refractivity contribution in [3.8, 4) is 5.75 Å². The number of fused-ring (bicyclic) bond motifs is 1. The molecule has 4 nitrogen and oxygen atoms in total. The Bertz CT molecular complexity index is 605. The maximum Gasteiger partial charge on any atom is 0.172 e. The molecule has 1 aliphatic heterocycles. The molecule has 98 valence electrons. The number of hydrogen-bond donors (Lipinski definition) is 1. The molecule has 1 aliphatic rings. The van der Waals surface area contributed by atoms with E-state index in [1.54, 1.807) is 0 Å². The van der Waals surface area contributed by atoms with Crippen LogP contribution in [0.4, 0.5) is 5.82 Å². The van der Waals surface area contributed by atoms with Crippen molar-refractivity contribution in [2.75, 3.05) is 12.4 Å². The molecule has 1 aromatic carbocycles.